The van der Waals surface area contributed by atoms with Gasteiger partial charge in [-0.2, -0.15) is 0 Å². The number of carbonyl (C=O) groups is 3. The Hall–Kier alpha value is -1.59. The van der Waals surface area contributed by atoms with E-state index >= 15 is 0 Å². The Morgan fingerprint density at radius 2 is 1.83 bits per heavy atom. The lowest BCUT2D eigenvalue weighted by Crippen LogP contribution is -2.47. The van der Waals surface area contributed by atoms with Gasteiger partial charge in [-0.3, -0.25) is 14.4 Å². The fraction of sp³-hybridized carbons (Fsp3) is 0.750. The predicted molar refractivity (Wildman–Crippen MR) is 62.7 cm³/mol. The lowest BCUT2D eigenvalue weighted by molar-refractivity contribution is -0.142. The van der Waals surface area contributed by atoms with Gasteiger partial charge in [0.1, 0.15) is 6.04 Å². The SMILES string of the molecule is O=C1CC[C@@H](C(=O)NC2CCC(C(=O)O)CC2)N1. The van der Waals surface area contributed by atoms with E-state index in [9.17, 15) is 14.4 Å². The summed E-state index contributed by atoms with van der Waals surface area (Å²) in [6, 6.07) is -0.361. The van der Waals surface area contributed by atoms with Crippen LogP contribution in [0, 0.1) is 5.92 Å². The van der Waals surface area contributed by atoms with Gasteiger partial charge in [-0.05, 0) is 32.1 Å². The van der Waals surface area contributed by atoms with Gasteiger partial charge in [0.05, 0.1) is 5.92 Å². The van der Waals surface area contributed by atoms with Crippen molar-refractivity contribution < 1.29 is 19.5 Å². The van der Waals surface area contributed by atoms with Crippen molar-refractivity contribution in [2.24, 2.45) is 5.92 Å². The van der Waals surface area contributed by atoms with Crippen molar-refractivity contribution in [3.05, 3.63) is 0 Å². The van der Waals surface area contributed by atoms with Crippen LogP contribution in [-0.2, 0) is 14.4 Å². The maximum absolute atomic E-state index is 11.8. The van der Waals surface area contributed by atoms with Gasteiger partial charge >= 0.3 is 5.97 Å². The summed E-state index contributed by atoms with van der Waals surface area (Å²) in [5.74, 6) is -1.24. The van der Waals surface area contributed by atoms with Crippen molar-refractivity contribution in [1.29, 1.82) is 0 Å². The Balaban J connectivity index is 1.76. The van der Waals surface area contributed by atoms with Crippen LogP contribution in [0.1, 0.15) is 38.5 Å². The second kappa shape index (κ2) is 5.37. The standard InChI is InChI=1S/C12H18N2O4/c15-10-6-5-9(14-10)11(16)13-8-3-1-7(2-4-8)12(17)18/h7-9H,1-6H2,(H,13,16)(H,14,15)(H,17,18)/t7?,8?,9-/m0/s1. The molecule has 1 aliphatic heterocycles. The molecule has 1 atom stereocenters. The molecular weight excluding hydrogens is 236 g/mol. The summed E-state index contributed by atoms with van der Waals surface area (Å²) in [4.78, 5) is 33.6. The minimum absolute atomic E-state index is 0.0469. The highest BCUT2D eigenvalue weighted by molar-refractivity contribution is 5.90. The molecule has 6 heteroatoms. The molecule has 1 saturated carbocycles. The molecule has 1 heterocycles. The van der Waals surface area contributed by atoms with E-state index in [2.05, 4.69) is 10.6 Å². The third-order valence-corrected chi connectivity index (χ3v) is 3.73. The van der Waals surface area contributed by atoms with Crippen LogP contribution >= 0.6 is 0 Å². The molecule has 0 aromatic rings. The Morgan fingerprint density at radius 3 is 2.33 bits per heavy atom. The Morgan fingerprint density at radius 1 is 1.17 bits per heavy atom. The number of carboxylic acid groups (broad SMARTS) is 1. The molecule has 0 bridgehead atoms. The minimum atomic E-state index is -0.747. The zero-order valence-corrected chi connectivity index (χ0v) is 10.1. The first-order valence-corrected chi connectivity index (χ1v) is 6.39. The number of aliphatic carboxylic acids is 1. The zero-order valence-electron chi connectivity index (χ0n) is 10.1. The summed E-state index contributed by atoms with van der Waals surface area (Å²) in [6.45, 7) is 0. The van der Waals surface area contributed by atoms with Crippen LogP contribution in [0.2, 0.25) is 0 Å². The summed E-state index contributed by atoms with van der Waals surface area (Å²) >= 11 is 0. The van der Waals surface area contributed by atoms with Crippen LogP contribution in [-0.4, -0.2) is 35.0 Å². The molecule has 0 unspecified atom stereocenters. The van der Waals surface area contributed by atoms with Gasteiger partial charge < -0.3 is 15.7 Å². The topological polar surface area (TPSA) is 95.5 Å². The fourth-order valence-electron chi connectivity index (χ4n) is 2.60. The van der Waals surface area contributed by atoms with Crippen LogP contribution in [0.3, 0.4) is 0 Å². The molecule has 2 rings (SSSR count). The van der Waals surface area contributed by atoms with Gasteiger partial charge in [-0.25, -0.2) is 0 Å². The summed E-state index contributed by atoms with van der Waals surface area (Å²) in [5, 5.41) is 14.4. The first-order chi connectivity index (χ1) is 8.56. The van der Waals surface area contributed by atoms with Crippen molar-refractivity contribution in [2.45, 2.75) is 50.6 Å². The van der Waals surface area contributed by atoms with Gasteiger partial charge in [0.15, 0.2) is 0 Å². The van der Waals surface area contributed by atoms with Crippen LogP contribution in [0.15, 0.2) is 0 Å². The highest BCUT2D eigenvalue weighted by Crippen LogP contribution is 2.24. The lowest BCUT2D eigenvalue weighted by atomic mass is 9.86. The summed E-state index contributed by atoms with van der Waals surface area (Å²) in [7, 11) is 0. The van der Waals surface area contributed by atoms with Crippen molar-refractivity contribution in [3.63, 3.8) is 0 Å². The third kappa shape index (κ3) is 3.00. The average molecular weight is 254 g/mol. The predicted octanol–water partition coefficient (Wildman–Crippen LogP) is 0.0246. The van der Waals surface area contributed by atoms with Crippen molar-refractivity contribution in [3.8, 4) is 0 Å². The third-order valence-electron chi connectivity index (χ3n) is 3.73. The van der Waals surface area contributed by atoms with E-state index in [0.29, 0.717) is 38.5 Å². The summed E-state index contributed by atoms with van der Waals surface area (Å²) < 4.78 is 0. The second-order valence-electron chi connectivity index (χ2n) is 5.05. The average Bonchev–Trinajstić information content (AvgIpc) is 2.76. The molecule has 0 aromatic heterocycles. The molecule has 6 nitrogen and oxygen atoms in total. The monoisotopic (exact) mass is 254 g/mol. The van der Waals surface area contributed by atoms with E-state index in [1.807, 2.05) is 0 Å². The van der Waals surface area contributed by atoms with E-state index in [1.165, 1.54) is 0 Å². The Kier molecular flexibility index (Phi) is 3.84. The van der Waals surface area contributed by atoms with Gasteiger partial charge in [0.2, 0.25) is 11.8 Å². The fourth-order valence-corrected chi connectivity index (χ4v) is 2.60. The summed E-state index contributed by atoms with van der Waals surface area (Å²) in [6.07, 6.45) is 3.57. The van der Waals surface area contributed by atoms with Gasteiger partial charge in [-0.15, -0.1) is 0 Å². The van der Waals surface area contributed by atoms with Gasteiger partial charge in [0, 0.05) is 12.5 Å². The maximum atomic E-state index is 11.8. The van der Waals surface area contributed by atoms with E-state index in [0.717, 1.165) is 0 Å². The molecule has 2 fully saturated rings. The van der Waals surface area contributed by atoms with E-state index in [-0.39, 0.29) is 23.8 Å². The zero-order chi connectivity index (χ0) is 13.1. The molecule has 0 radical (unpaired) electrons. The first-order valence-electron chi connectivity index (χ1n) is 6.39. The lowest BCUT2D eigenvalue weighted by Gasteiger charge is -2.27. The van der Waals surface area contributed by atoms with Crippen molar-refractivity contribution in [1.82, 2.24) is 10.6 Å². The molecule has 0 aromatic carbocycles. The molecule has 100 valence electrons. The first kappa shape index (κ1) is 12.9. The van der Waals surface area contributed by atoms with E-state index < -0.39 is 12.0 Å². The normalized spacial score (nSPS) is 31.8. The molecular formula is C12H18N2O4. The van der Waals surface area contributed by atoms with Crippen LogP contribution in [0.4, 0.5) is 0 Å². The minimum Gasteiger partial charge on any atom is -0.481 e. The molecule has 18 heavy (non-hydrogen) atoms. The number of nitrogens with one attached hydrogen (secondary N) is 2. The molecule has 1 aliphatic carbocycles. The number of amides is 2. The molecule has 2 amide bonds. The number of carbonyl (C=O) groups excluding carboxylic acids is 2. The Labute approximate surface area is 105 Å². The Bertz CT molecular complexity index is 361. The largest absolute Gasteiger partial charge is 0.481 e. The number of carboxylic acids is 1. The van der Waals surface area contributed by atoms with Crippen LogP contribution in [0.5, 0.6) is 0 Å². The highest BCUT2D eigenvalue weighted by Gasteiger charge is 2.31. The molecule has 3 N–H and O–H groups in total. The van der Waals surface area contributed by atoms with E-state index in [1.54, 1.807) is 0 Å². The smallest absolute Gasteiger partial charge is 0.306 e. The van der Waals surface area contributed by atoms with E-state index in [4.69, 9.17) is 5.11 Å². The van der Waals surface area contributed by atoms with Crippen LogP contribution in [0.25, 0.3) is 0 Å². The second-order valence-corrected chi connectivity index (χ2v) is 5.05. The van der Waals surface area contributed by atoms with Gasteiger partial charge in [-0.1, -0.05) is 0 Å². The number of hydrogen-bond donors (Lipinski definition) is 3. The van der Waals surface area contributed by atoms with Gasteiger partial charge in [0.25, 0.3) is 0 Å². The quantitative estimate of drug-likeness (QED) is 0.662. The van der Waals surface area contributed by atoms with Crippen molar-refractivity contribution in [2.75, 3.05) is 0 Å². The molecule has 1 saturated heterocycles. The number of rotatable bonds is 3. The number of hydrogen-bond acceptors (Lipinski definition) is 3. The highest BCUT2D eigenvalue weighted by atomic mass is 16.4. The molecule has 0 spiro atoms. The van der Waals surface area contributed by atoms with Crippen molar-refractivity contribution >= 4 is 17.8 Å². The van der Waals surface area contributed by atoms with Crippen LogP contribution < -0.4 is 10.6 Å². The summed E-state index contributed by atoms with van der Waals surface area (Å²) in [5.41, 5.74) is 0. The molecule has 2 aliphatic rings. The maximum Gasteiger partial charge on any atom is 0.306 e.